The number of halogens is 1. The van der Waals surface area contributed by atoms with Crippen molar-refractivity contribution in [1.29, 1.82) is 0 Å². The highest BCUT2D eigenvalue weighted by molar-refractivity contribution is 6.30. The third-order valence-electron chi connectivity index (χ3n) is 2.89. The van der Waals surface area contributed by atoms with Gasteiger partial charge in [-0.3, -0.25) is 4.90 Å². The van der Waals surface area contributed by atoms with E-state index in [1.165, 1.54) is 0 Å². The SMILES string of the molecule is OC[C@@H](c1cccc(Cl)c1)N1CCOCC1. The Morgan fingerprint density at radius 1 is 1.38 bits per heavy atom. The van der Waals surface area contributed by atoms with Crippen LogP contribution >= 0.6 is 11.6 Å². The molecule has 1 saturated heterocycles. The Morgan fingerprint density at radius 2 is 2.12 bits per heavy atom. The van der Waals surface area contributed by atoms with Gasteiger partial charge >= 0.3 is 0 Å². The van der Waals surface area contributed by atoms with Crippen LogP contribution in [0.25, 0.3) is 0 Å². The molecule has 1 aliphatic heterocycles. The summed E-state index contributed by atoms with van der Waals surface area (Å²) in [7, 11) is 0. The lowest BCUT2D eigenvalue weighted by Gasteiger charge is -2.33. The summed E-state index contributed by atoms with van der Waals surface area (Å²) in [5.74, 6) is 0. The molecule has 16 heavy (non-hydrogen) atoms. The van der Waals surface area contributed by atoms with Gasteiger partial charge in [-0.1, -0.05) is 23.7 Å². The Labute approximate surface area is 101 Å². The maximum absolute atomic E-state index is 9.50. The van der Waals surface area contributed by atoms with Gasteiger partial charge in [-0.15, -0.1) is 0 Å². The van der Waals surface area contributed by atoms with E-state index in [9.17, 15) is 5.11 Å². The second kappa shape index (κ2) is 5.64. The summed E-state index contributed by atoms with van der Waals surface area (Å²) < 4.78 is 5.30. The van der Waals surface area contributed by atoms with Crippen molar-refractivity contribution in [1.82, 2.24) is 4.90 Å². The molecule has 4 heteroatoms. The molecule has 0 spiro atoms. The molecule has 1 aromatic carbocycles. The molecule has 0 aromatic heterocycles. The van der Waals surface area contributed by atoms with Crippen molar-refractivity contribution in [3.05, 3.63) is 34.9 Å². The van der Waals surface area contributed by atoms with E-state index in [0.29, 0.717) is 5.02 Å². The van der Waals surface area contributed by atoms with Crippen LogP contribution in [0, 0.1) is 0 Å². The van der Waals surface area contributed by atoms with Crippen LogP contribution in [0.2, 0.25) is 5.02 Å². The number of nitrogens with zero attached hydrogens (tertiary/aromatic N) is 1. The molecular weight excluding hydrogens is 226 g/mol. The van der Waals surface area contributed by atoms with Gasteiger partial charge in [-0.2, -0.15) is 0 Å². The van der Waals surface area contributed by atoms with Crippen molar-refractivity contribution in [3.8, 4) is 0 Å². The molecule has 1 aromatic rings. The zero-order valence-electron chi connectivity index (χ0n) is 9.10. The molecule has 0 saturated carbocycles. The number of aliphatic hydroxyl groups is 1. The molecule has 0 radical (unpaired) electrons. The van der Waals surface area contributed by atoms with E-state index in [0.717, 1.165) is 31.9 Å². The lowest BCUT2D eigenvalue weighted by molar-refractivity contribution is 0.00260. The van der Waals surface area contributed by atoms with Crippen molar-refractivity contribution in [2.75, 3.05) is 32.9 Å². The topological polar surface area (TPSA) is 32.7 Å². The second-order valence-electron chi connectivity index (χ2n) is 3.90. The van der Waals surface area contributed by atoms with Gasteiger partial charge in [0.25, 0.3) is 0 Å². The van der Waals surface area contributed by atoms with Crippen molar-refractivity contribution in [2.45, 2.75) is 6.04 Å². The average Bonchev–Trinajstić information content (AvgIpc) is 2.31. The number of aliphatic hydroxyl groups excluding tert-OH is 1. The van der Waals surface area contributed by atoms with E-state index in [4.69, 9.17) is 16.3 Å². The molecule has 0 amide bonds. The molecule has 1 heterocycles. The van der Waals surface area contributed by atoms with Gasteiger partial charge in [0.1, 0.15) is 0 Å². The van der Waals surface area contributed by atoms with Crippen molar-refractivity contribution in [3.63, 3.8) is 0 Å². The summed E-state index contributed by atoms with van der Waals surface area (Å²) in [4.78, 5) is 2.23. The number of rotatable bonds is 3. The fraction of sp³-hybridized carbons (Fsp3) is 0.500. The predicted octanol–water partition coefficient (Wildman–Crippen LogP) is 1.71. The van der Waals surface area contributed by atoms with E-state index >= 15 is 0 Å². The van der Waals surface area contributed by atoms with E-state index in [1.54, 1.807) is 0 Å². The first-order valence-corrected chi connectivity index (χ1v) is 5.87. The van der Waals surface area contributed by atoms with Crippen LogP contribution in [-0.2, 0) is 4.74 Å². The zero-order valence-corrected chi connectivity index (χ0v) is 9.86. The zero-order chi connectivity index (χ0) is 11.4. The van der Waals surface area contributed by atoms with Crippen LogP contribution in [0.4, 0.5) is 0 Å². The normalized spacial score (nSPS) is 19.6. The highest BCUT2D eigenvalue weighted by Crippen LogP contribution is 2.23. The Kier molecular flexibility index (Phi) is 4.18. The molecule has 0 aliphatic carbocycles. The van der Waals surface area contributed by atoms with Gasteiger partial charge in [0.05, 0.1) is 25.9 Å². The van der Waals surface area contributed by atoms with E-state index in [-0.39, 0.29) is 12.6 Å². The Balaban J connectivity index is 2.14. The number of hydrogen-bond acceptors (Lipinski definition) is 3. The predicted molar refractivity (Wildman–Crippen MR) is 63.7 cm³/mol. The van der Waals surface area contributed by atoms with E-state index in [2.05, 4.69) is 4.90 Å². The average molecular weight is 242 g/mol. The van der Waals surface area contributed by atoms with Crippen molar-refractivity contribution >= 4 is 11.6 Å². The second-order valence-corrected chi connectivity index (χ2v) is 4.34. The lowest BCUT2D eigenvalue weighted by atomic mass is 10.1. The number of hydrogen-bond donors (Lipinski definition) is 1. The maximum atomic E-state index is 9.50. The third kappa shape index (κ3) is 2.74. The standard InChI is InChI=1S/C12H16ClNO2/c13-11-3-1-2-10(8-11)12(9-15)14-4-6-16-7-5-14/h1-3,8,12,15H,4-7,9H2/t12-/m0/s1. The summed E-state index contributed by atoms with van der Waals surface area (Å²) in [5.41, 5.74) is 1.07. The Morgan fingerprint density at radius 3 is 2.75 bits per heavy atom. The van der Waals surface area contributed by atoms with Gasteiger partial charge in [0.15, 0.2) is 0 Å². The molecule has 88 valence electrons. The number of benzene rings is 1. The quantitative estimate of drug-likeness (QED) is 0.875. The number of morpholine rings is 1. The lowest BCUT2D eigenvalue weighted by Crippen LogP contribution is -2.40. The first-order chi connectivity index (χ1) is 7.81. The Hall–Kier alpha value is -0.610. The third-order valence-corrected chi connectivity index (χ3v) is 3.13. The smallest absolute Gasteiger partial charge is 0.0628 e. The highest BCUT2D eigenvalue weighted by atomic mass is 35.5. The monoisotopic (exact) mass is 241 g/mol. The summed E-state index contributed by atoms with van der Waals surface area (Å²) in [6.45, 7) is 3.30. The van der Waals surface area contributed by atoms with E-state index < -0.39 is 0 Å². The maximum Gasteiger partial charge on any atom is 0.0628 e. The minimum atomic E-state index is 0.0302. The van der Waals surface area contributed by atoms with Crippen molar-refractivity contribution < 1.29 is 9.84 Å². The molecule has 1 fully saturated rings. The minimum Gasteiger partial charge on any atom is -0.394 e. The molecule has 1 N–H and O–H groups in total. The van der Waals surface area contributed by atoms with Crippen LogP contribution in [0.15, 0.2) is 24.3 Å². The molecule has 1 aliphatic rings. The summed E-state index contributed by atoms with van der Waals surface area (Å²) in [6.07, 6.45) is 0. The van der Waals surface area contributed by atoms with Crippen LogP contribution < -0.4 is 0 Å². The molecule has 0 unspecified atom stereocenters. The number of ether oxygens (including phenoxy) is 1. The largest absolute Gasteiger partial charge is 0.394 e. The minimum absolute atomic E-state index is 0.0302. The van der Waals surface area contributed by atoms with Crippen LogP contribution in [0.1, 0.15) is 11.6 Å². The van der Waals surface area contributed by atoms with E-state index in [1.807, 2.05) is 24.3 Å². The van der Waals surface area contributed by atoms with Gasteiger partial charge in [0, 0.05) is 18.1 Å². The van der Waals surface area contributed by atoms with Crippen molar-refractivity contribution in [2.24, 2.45) is 0 Å². The molecule has 1 atom stereocenters. The molecule has 0 bridgehead atoms. The first-order valence-electron chi connectivity index (χ1n) is 5.49. The van der Waals surface area contributed by atoms with Gasteiger partial charge in [-0.05, 0) is 17.7 Å². The molecular formula is C12H16ClNO2. The van der Waals surface area contributed by atoms with Crippen LogP contribution in [-0.4, -0.2) is 42.9 Å². The highest BCUT2D eigenvalue weighted by Gasteiger charge is 2.21. The van der Waals surface area contributed by atoms with Gasteiger partial charge in [0.2, 0.25) is 0 Å². The molecule has 2 rings (SSSR count). The summed E-state index contributed by atoms with van der Waals surface area (Å²) in [5, 5.41) is 10.2. The van der Waals surface area contributed by atoms with Crippen LogP contribution in [0.5, 0.6) is 0 Å². The molecule has 3 nitrogen and oxygen atoms in total. The fourth-order valence-corrected chi connectivity index (χ4v) is 2.23. The Bertz CT molecular complexity index is 340. The van der Waals surface area contributed by atoms with Gasteiger partial charge in [-0.25, -0.2) is 0 Å². The van der Waals surface area contributed by atoms with Crippen LogP contribution in [0.3, 0.4) is 0 Å². The summed E-state index contributed by atoms with van der Waals surface area (Å²) >= 11 is 5.96. The van der Waals surface area contributed by atoms with Gasteiger partial charge < -0.3 is 9.84 Å². The summed E-state index contributed by atoms with van der Waals surface area (Å²) in [6, 6.07) is 7.71. The first kappa shape index (κ1) is 11.9. The fourth-order valence-electron chi connectivity index (χ4n) is 2.03.